The number of nitrogens with zero attached hydrogens (tertiary/aromatic N) is 2. The van der Waals surface area contributed by atoms with Crippen LogP contribution < -0.4 is 10.6 Å². The van der Waals surface area contributed by atoms with Crippen molar-refractivity contribution in [1.29, 1.82) is 0 Å². The highest BCUT2D eigenvalue weighted by Gasteiger charge is 2.22. The van der Waals surface area contributed by atoms with E-state index in [1.165, 1.54) is 0 Å². The summed E-state index contributed by atoms with van der Waals surface area (Å²) >= 11 is 0. The molecule has 1 amide bonds. The summed E-state index contributed by atoms with van der Waals surface area (Å²) in [6.07, 6.45) is 4.26. The molecule has 0 spiro atoms. The number of rotatable bonds is 5. The molecule has 1 aliphatic rings. The second-order valence-corrected chi connectivity index (χ2v) is 4.54. The highest BCUT2D eigenvalue weighted by molar-refractivity contribution is 5.81. The monoisotopic (exact) mass is 251 g/mol. The molecule has 18 heavy (non-hydrogen) atoms. The Hall–Kier alpha value is -1.40. The van der Waals surface area contributed by atoms with Crippen LogP contribution in [0.4, 0.5) is 0 Å². The van der Waals surface area contributed by atoms with E-state index in [1.54, 1.807) is 12.4 Å². The molecule has 0 saturated carbocycles. The largest absolute Gasteiger partial charge is 0.354 e. The van der Waals surface area contributed by atoms with Gasteiger partial charge in [0.25, 0.3) is 0 Å². The fraction of sp³-hybridized carbons (Fsp3) is 0.667. The average Bonchev–Trinajstić information content (AvgIpc) is 2.92. The van der Waals surface area contributed by atoms with Crippen molar-refractivity contribution >= 4 is 5.91 Å². The van der Waals surface area contributed by atoms with Crippen LogP contribution in [0.5, 0.6) is 0 Å². The summed E-state index contributed by atoms with van der Waals surface area (Å²) in [7, 11) is 0. The number of aromatic amines is 1. The summed E-state index contributed by atoms with van der Waals surface area (Å²) in [5.74, 6) is 1.01. The molecule has 1 saturated heterocycles. The van der Waals surface area contributed by atoms with Gasteiger partial charge in [-0.15, -0.1) is 0 Å². The van der Waals surface area contributed by atoms with Gasteiger partial charge in [0, 0.05) is 51.5 Å². The molecule has 2 heterocycles. The van der Waals surface area contributed by atoms with E-state index in [0.717, 1.165) is 38.4 Å². The topological polar surface area (TPSA) is 73.0 Å². The Morgan fingerprint density at radius 2 is 2.33 bits per heavy atom. The first-order valence-electron chi connectivity index (χ1n) is 6.48. The average molecular weight is 251 g/mol. The van der Waals surface area contributed by atoms with Crippen LogP contribution in [0.1, 0.15) is 12.7 Å². The van der Waals surface area contributed by atoms with Crippen molar-refractivity contribution in [3.05, 3.63) is 18.2 Å². The highest BCUT2D eigenvalue weighted by atomic mass is 16.2. The number of amides is 1. The summed E-state index contributed by atoms with van der Waals surface area (Å²) in [6.45, 7) is 6.39. The quantitative estimate of drug-likeness (QED) is 0.651. The van der Waals surface area contributed by atoms with Gasteiger partial charge in [0.2, 0.25) is 5.91 Å². The Labute approximate surface area is 107 Å². The number of hydrogen-bond acceptors (Lipinski definition) is 4. The molecule has 1 aromatic rings. The van der Waals surface area contributed by atoms with Gasteiger partial charge in [-0.05, 0) is 6.92 Å². The first kappa shape index (κ1) is 13.0. The van der Waals surface area contributed by atoms with Crippen LogP contribution in [0, 0.1) is 0 Å². The number of hydrogen-bond donors (Lipinski definition) is 3. The van der Waals surface area contributed by atoms with Gasteiger partial charge in [-0.3, -0.25) is 9.69 Å². The van der Waals surface area contributed by atoms with Gasteiger partial charge in [-0.1, -0.05) is 0 Å². The second kappa shape index (κ2) is 6.51. The van der Waals surface area contributed by atoms with Gasteiger partial charge < -0.3 is 15.6 Å². The van der Waals surface area contributed by atoms with Gasteiger partial charge in [0.05, 0.1) is 6.04 Å². The molecule has 6 nitrogen and oxygen atoms in total. The predicted molar refractivity (Wildman–Crippen MR) is 69.2 cm³/mol. The zero-order chi connectivity index (χ0) is 12.8. The third kappa shape index (κ3) is 3.54. The van der Waals surface area contributed by atoms with Crippen molar-refractivity contribution in [3.8, 4) is 0 Å². The summed E-state index contributed by atoms with van der Waals surface area (Å²) in [5.41, 5.74) is 0. The standard InChI is InChI=1S/C12H21N5O/c1-10(17-8-6-13-7-9-17)12(18)16-3-2-11-14-4-5-15-11/h4-5,10,13H,2-3,6-9H2,1H3,(H,14,15)(H,16,18). The molecule has 1 atom stereocenters. The minimum atomic E-state index is -0.0521. The molecule has 0 radical (unpaired) electrons. The van der Waals surface area contributed by atoms with Crippen molar-refractivity contribution in [2.75, 3.05) is 32.7 Å². The molecule has 1 aromatic heterocycles. The molecule has 100 valence electrons. The number of imidazole rings is 1. The van der Waals surface area contributed by atoms with Crippen LogP contribution in [-0.2, 0) is 11.2 Å². The number of piperazine rings is 1. The minimum Gasteiger partial charge on any atom is -0.354 e. The number of carbonyl (C=O) groups is 1. The maximum atomic E-state index is 12.0. The lowest BCUT2D eigenvalue weighted by Crippen LogP contribution is -2.52. The summed E-state index contributed by atoms with van der Waals surface area (Å²) in [5, 5.41) is 6.24. The van der Waals surface area contributed by atoms with E-state index in [9.17, 15) is 4.79 Å². The normalized spacial score (nSPS) is 18.5. The van der Waals surface area contributed by atoms with E-state index in [0.29, 0.717) is 6.54 Å². The van der Waals surface area contributed by atoms with Crippen LogP contribution in [0.25, 0.3) is 0 Å². The van der Waals surface area contributed by atoms with E-state index in [1.807, 2.05) is 6.92 Å². The van der Waals surface area contributed by atoms with Crippen LogP contribution in [0.2, 0.25) is 0 Å². The lowest BCUT2D eigenvalue weighted by molar-refractivity contribution is -0.126. The Morgan fingerprint density at radius 3 is 3.00 bits per heavy atom. The smallest absolute Gasteiger partial charge is 0.237 e. The van der Waals surface area contributed by atoms with Crippen LogP contribution >= 0.6 is 0 Å². The summed E-state index contributed by atoms with van der Waals surface area (Å²) in [4.78, 5) is 21.3. The Morgan fingerprint density at radius 1 is 1.56 bits per heavy atom. The fourth-order valence-corrected chi connectivity index (χ4v) is 2.12. The van der Waals surface area contributed by atoms with Crippen molar-refractivity contribution in [3.63, 3.8) is 0 Å². The van der Waals surface area contributed by atoms with Crippen molar-refractivity contribution in [2.24, 2.45) is 0 Å². The van der Waals surface area contributed by atoms with Gasteiger partial charge in [0.1, 0.15) is 5.82 Å². The molecule has 0 bridgehead atoms. The molecule has 0 aliphatic carbocycles. The molecule has 1 fully saturated rings. The van der Waals surface area contributed by atoms with E-state index < -0.39 is 0 Å². The number of H-pyrrole nitrogens is 1. The molecular weight excluding hydrogens is 230 g/mol. The number of nitrogens with one attached hydrogen (secondary N) is 3. The first-order chi connectivity index (χ1) is 8.77. The fourth-order valence-electron chi connectivity index (χ4n) is 2.12. The maximum Gasteiger partial charge on any atom is 0.237 e. The lowest BCUT2D eigenvalue weighted by Gasteiger charge is -2.31. The van der Waals surface area contributed by atoms with Gasteiger partial charge in [-0.2, -0.15) is 0 Å². The minimum absolute atomic E-state index is 0.0521. The predicted octanol–water partition coefficient (Wildman–Crippen LogP) is -0.638. The van der Waals surface area contributed by atoms with Gasteiger partial charge >= 0.3 is 0 Å². The van der Waals surface area contributed by atoms with Crippen LogP contribution in [-0.4, -0.2) is 59.5 Å². The third-order valence-electron chi connectivity index (χ3n) is 3.29. The van der Waals surface area contributed by atoms with E-state index in [4.69, 9.17) is 0 Å². The molecule has 0 aromatic carbocycles. The highest BCUT2D eigenvalue weighted by Crippen LogP contribution is 2.01. The SMILES string of the molecule is CC(C(=O)NCCc1ncc[nH]1)N1CCNCC1. The second-order valence-electron chi connectivity index (χ2n) is 4.54. The summed E-state index contributed by atoms with van der Waals surface area (Å²) in [6, 6.07) is -0.0521. The molecule has 2 rings (SSSR count). The lowest BCUT2D eigenvalue weighted by atomic mass is 10.2. The zero-order valence-corrected chi connectivity index (χ0v) is 10.8. The molecule has 1 unspecified atom stereocenters. The zero-order valence-electron chi connectivity index (χ0n) is 10.8. The van der Waals surface area contributed by atoms with Gasteiger partial charge in [0.15, 0.2) is 0 Å². The van der Waals surface area contributed by atoms with E-state index >= 15 is 0 Å². The molecule has 3 N–H and O–H groups in total. The van der Waals surface area contributed by atoms with E-state index in [-0.39, 0.29) is 11.9 Å². The summed E-state index contributed by atoms with van der Waals surface area (Å²) < 4.78 is 0. The number of aromatic nitrogens is 2. The van der Waals surface area contributed by atoms with Gasteiger partial charge in [-0.25, -0.2) is 4.98 Å². The van der Waals surface area contributed by atoms with Crippen molar-refractivity contribution < 1.29 is 4.79 Å². The Balaban J connectivity index is 1.70. The van der Waals surface area contributed by atoms with Crippen molar-refractivity contribution in [1.82, 2.24) is 25.5 Å². The Kier molecular flexibility index (Phi) is 4.72. The number of carbonyl (C=O) groups excluding carboxylic acids is 1. The van der Waals surface area contributed by atoms with Crippen LogP contribution in [0.15, 0.2) is 12.4 Å². The Bertz CT molecular complexity index is 359. The molecule has 1 aliphatic heterocycles. The van der Waals surface area contributed by atoms with Crippen molar-refractivity contribution in [2.45, 2.75) is 19.4 Å². The maximum absolute atomic E-state index is 12.0. The first-order valence-corrected chi connectivity index (χ1v) is 6.48. The molecular formula is C12H21N5O. The van der Waals surface area contributed by atoms with Crippen LogP contribution in [0.3, 0.4) is 0 Å². The third-order valence-corrected chi connectivity index (χ3v) is 3.29. The van der Waals surface area contributed by atoms with E-state index in [2.05, 4.69) is 25.5 Å². The molecule has 6 heteroatoms.